The molecule has 3 heteroatoms. The molecule has 17 heavy (non-hydrogen) atoms. The first-order valence-electron chi connectivity index (χ1n) is 6.29. The molecule has 2 unspecified atom stereocenters. The second-order valence-electron chi connectivity index (χ2n) is 5.60. The molecule has 3 rings (SSSR count). The molecule has 0 amide bonds. The van der Waals surface area contributed by atoms with E-state index in [9.17, 15) is 8.78 Å². The molecule has 0 radical (unpaired) electrons. The maximum Gasteiger partial charge on any atom is 0.162 e. The predicted octanol–water partition coefficient (Wildman–Crippen LogP) is 2.99. The summed E-state index contributed by atoms with van der Waals surface area (Å²) in [4.78, 5) is 0. The first-order valence-corrected chi connectivity index (χ1v) is 6.29. The molecule has 1 aromatic rings. The van der Waals surface area contributed by atoms with Gasteiger partial charge in [0.25, 0.3) is 0 Å². The standard InChI is InChI=1S/C14H17F2N/c1-14(7-9(14)8-17-10-5-6-10)11-3-2-4-12(15)13(11)16/h2-4,9-10,17H,5-8H2,1H3. The average molecular weight is 237 g/mol. The molecule has 0 aromatic heterocycles. The summed E-state index contributed by atoms with van der Waals surface area (Å²) in [5.74, 6) is -0.951. The van der Waals surface area contributed by atoms with E-state index in [-0.39, 0.29) is 5.41 Å². The number of halogens is 2. The van der Waals surface area contributed by atoms with Gasteiger partial charge in [0.2, 0.25) is 0 Å². The fourth-order valence-electron chi connectivity index (χ4n) is 2.62. The zero-order valence-electron chi connectivity index (χ0n) is 9.97. The molecule has 2 aliphatic carbocycles. The van der Waals surface area contributed by atoms with Crippen molar-refractivity contribution < 1.29 is 8.78 Å². The molecule has 0 saturated heterocycles. The van der Waals surface area contributed by atoms with Crippen molar-refractivity contribution in [2.45, 2.75) is 37.6 Å². The lowest BCUT2D eigenvalue weighted by atomic mass is 9.94. The van der Waals surface area contributed by atoms with Crippen molar-refractivity contribution in [3.8, 4) is 0 Å². The van der Waals surface area contributed by atoms with Crippen molar-refractivity contribution in [1.29, 1.82) is 0 Å². The second-order valence-corrected chi connectivity index (χ2v) is 5.60. The largest absolute Gasteiger partial charge is 0.314 e. The van der Waals surface area contributed by atoms with E-state index < -0.39 is 11.6 Å². The van der Waals surface area contributed by atoms with E-state index in [0.29, 0.717) is 17.5 Å². The Kier molecular flexibility index (Phi) is 2.47. The van der Waals surface area contributed by atoms with Gasteiger partial charge in [-0.2, -0.15) is 0 Å². The van der Waals surface area contributed by atoms with Gasteiger partial charge in [-0.05, 0) is 48.8 Å². The van der Waals surface area contributed by atoms with Gasteiger partial charge in [-0.1, -0.05) is 19.1 Å². The summed E-state index contributed by atoms with van der Waals surface area (Å²) < 4.78 is 26.9. The molecule has 1 nitrogen and oxygen atoms in total. The summed E-state index contributed by atoms with van der Waals surface area (Å²) in [5, 5.41) is 3.46. The van der Waals surface area contributed by atoms with E-state index in [0.717, 1.165) is 13.0 Å². The van der Waals surface area contributed by atoms with Crippen molar-refractivity contribution >= 4 is 0 Å². The average Bonchev–Trinajstić information content (AvgIpc) is 3.17. The van der Waals surface area contributed by atoms with Gasteiger partial charge >= 0.3 is 0 Å². The molecule has 2 saturated carbocycles. The van der Waals surface area contributed by atoms with Crippen molar-refractivity contribution in [2.24, 2.45) is 5.92 Å². The summed E-state index contributed by atoms with van der Waals surface area (Å²) in [7, 11) is 0. The third kappa shape index (κ3) is 1.97. The Morgan fingerprint density at radius 2 is 2.12 bits per heavy atom. The lowest BCUT2D eigenvalue weighted by Gasteiger charge is -2.13. The van der Waals surface area contributed by atoms with Gasteiger partial charge in [-0.25, -0.2) is 8.78 Å². The van der Waals surface area contributed by atoms with Gasteiger partial charge < -0.3 is 5.32 Å². The van der Waals surface area contributed by atoms with Crippen LogP contribution in [0.25, 0.3) is 0 Å². The van der Waals surface area contributed by atoms with E-state index in [1.54, 1.807) is 12.1 Å². The fraction of sp³-hybridized carbons (Fsp3) is 0.571. The first-order chi connectivity index (χ1) is 8.11. The summed E-state index contributed by atoms with van der Waals surface area (Å²) in [5.41, 5.74) is 0.369. The lowest BCUT2D eigenvalue weighted by Crippen LogP contribution is -2.22. The second kappa shape index (κ2) is 3.77. The summed E-state index contributed by atoms with van der Waals surface area (Å²) in [6, 6.07) is 5.18. The van der Waals surface area contributed by atoms with Crippen LogP contribution in [0.1, 0.15) is 31.7 Å². The zero-order chi connectivity index (χ0) is 12.0. The van der Waals surface area contributed by atoms with E-state index >= 15 is 0 Å². The third-order valence-corrected chi connectivity index (χ3v) is 4.21. The number of rotatable bonds is 4. The molecular formula is C14H17F2N. The van der Waals surface area contributed by atoms with Gasteiger partial charge in [0.05, 0.1) is 0 Å². The van der Waals surface area contributed by atoms with Crippen molar-refractivity contribution in [1.82, 2.24) is 5.32 Å². The fourth-order valence-corrected chi connectivity index (χ4v) is 2.62. The minimum absolute atomic E-state index is 0.173. The monoisotopic (exact) mass is 237 g/mol. The molecule has 2 fully saturated rings. The van der Waals surface area contributed by atoms with Crippen LogP contribution in [0.3, 0.4) is 0 Å². The van der Waals surface area contributed by atoms with Gasteiger partial charge in [0, 0.05) is 6.04 Å². The molecule has 0 bridgehead atoms. The van der Waals surface area contributed by atoms with Crippen LogP contribution < -0.4 is 5.32 Å². The van der Waals surface area contributed by atoms with Gasteiger partial charge in [-0.15, -0.1) is 0 Å². The minimum atomic E-state index is -0.732. The van der Waals surface area contributed by atoms with E-state index in [1.165, 1.54) is 18.9 Å². The highest BCUT2D eigenvalue weighted by molar-refractivity contribution is 5.34. The molecule has 2 atom stereocenters. The molecule has 0 aliphatic heterocycles. The molecular weight excluding hydrogens is 220 g/mol. The maximum absolute atomic E-state index is 13.7. The highest BCUT2D eigenvalue weighted by Crippen LogP contribution is 2.54. The molecule has 2 aliphatic rings. The zero-order valence-corrected chi connectivity index (χ0v) is 9.97. The van der Waals surface area contributed by atoms with Crippen molar-refractivity contribution in [3.63, 3.8) is 0 Å². The Bertz CT molecular complexity index is 442. The number of nitrogens with one attached hydrogen (secondary N) is 1. The summed E-state index contributed by atoms with van der Waals surface area (Å²) in [6.07, 6.45) is 3.47. The molecule has 0 heterocycles. The molecule has 92 valence electrons. The van der Waals surface area contributed by atoms with Crippen LogP contribution in [-0.4, -0.2) is 12.6 Å². The third-order valence-electron chi connectivity index (χ3n) is 4.21. The minimum Gasteiger partial charge on any atom is -0.314 e. The molecule has 0 spiro atoms. The van der Waals surface area contributed by atoms with Crippen LogP contribution in [0, 0.1) is 17.6 Å². The van der Waals surface area contributed by atoms with Gasteiger partial charge in [0.1, 0.15) is 0 Å². The lowest BCUT2D eigenvalue weighted by molar-refractivity contribution is 0.478. The van der Waals surface area contributed by atoms with Crippen molar-refractivity contribution in [2.75, 3.05) is 6.54 Å². The summed E-state index contributed by atoms with van der Waals surface area (Å²) in [6.45, 7) is 2.96. The molecule has 1 aromatic carbocycles. The molecule has 1 N–H and O–H groups in total. The van der Waals surface area contributed by atoms with E-state index in [4.69, 9.17) is 0 Å². The predicted molar refractivity (Wildman–Crippen MR) is 62.8 cm³/mol. The van der Waals surface area contributed by atoms with Crippen molar-refractivity contribution in [3.05, 3.63) is 35.4 Å². The van der Waals surface area contributed by atoms with E-state index in [1.807, 2.05) is 6.92 Å². The maximum atomic E-state index is 13.7. The van der Waals surface area contributed by atoms with Gasteiger partial charge in [0.15, 0.2) is 11.6 Å². The number of benzene rings is 1. The Balaban J connectivity index is 1.73. The topological polar surface area (TPSA) is 12.0 Å². The number of hydrogen-bond acceptors (Lipinski definition) is 1. The Morgan fingerprint density at radius 3 is 2.82 bits per heavy atom. The number of hydrogen-bond donors (Lipinski definition) is 1. The summed E-state index contributed by atoms with van der Waals surface area (Å²) >= 11 is 0. The SMILES string of the molecule is CC1(c2cccc(F)c2F)CC1CNC1CC1. The quantitative estimate of drug-likeness (QED) is 0.849. The van der Waals surface area contributed by atoms with Crippen LogP contribution in [0.5, 0.6) is 0 Å². The van der Waals surface area contributed by atoms with E-state index in [2.05, 4.69) is 5.32 Å². The first kappa shape index (κ1) is 11.1. The highest BCUT2D eigenvalue weighted by Gasteiger charge is 2.52. The normalized spacial score (nSPS) is 31.6. The van der Waals surface area contributed by atoms with Gasteiger partial charge in [-0.3, -0.25) is 0 Å². The van der Waals surface area contributed by atoms with Crippen LogP contribution in [0.4, 0.5) is 8.78 Å². The van der Waals surface area contributed by atoms with Crippen LogP contribution in [-0.2, 0) is 5.41 Å². The van der Waals surface area contributed by atoms with Crippen LogP contribution >= 0.6 is 0 Å². The smallest absolute Gasteiger partial charge is 0.162 e. The van der Waals surface area contributed by atoms with Crippen LogP contribution in [0.15, 0.2) is 18.2 Å². The Morgan fingerprint density at radius 1 is 1.35 bits per heavy atom. The highest BCUT2D eigenvalue weighted by atomic mass is 19.2. The van der Waals surface area contributed by atoms with Crippen LogP contribution in [0.2, 0.25) is 0 Å². The Labute approximate surface area is 100 Å². The Hall–Kier alpha value is -0.960.